The van der Waals surface area contributed by atoms with Crippen LogP contribution in [0.1, 0.15) is 64.9 Å². The lowest BCUT2D eigenvalue weighted by atomic mass is 9.47. The molecule has 0 aliphatic heterocycles. The summed E-state index contributed by atoms with van der Waals surface area (Å²) in [5.41, 5.74) is 2.43. The van der Waals surface area contributed by atoms with Crippen molar-refractivity contribution in [3.63, 3.8) is 0 Å². The van der Waals surface area contributed by atoms with Crippen LogP contribution in [0.5, 0.6) is 11.5 Å². The van der Waals surface area contributed by atoms with Gasteiger partial charge in [-0.2, -0.15) is 0 Å². The van der Waals surface area contributed by atoms with Gasteiger partial charge in [-0.1, -0.05) is 33.6 Å². The first kappa shape index (κ1) is 16.7. The molecule has 2 aromatic rings. The Balaban J connectivity index is 1.80. The molecule has 4 nitrogen and oxygen atoms in total. The molecule has 2 saturated carbocycles. The molecule has 0 amide bonds. The van der Waals surface area contributed by atoms with Crippen LogP contribution in [0.3, 0.4) is 0 Å². The van der Waals surface area contributed by atoms with E-state index in [-0.39, 0.29) is 16.9 Å². The van der Waals surface area contributed by atoms with Crippen LogP contribution in [-0.4, -0.2) is 15.2 Å². The predicted molar refractivity (Wildman–Crippen MR) is 97.6 cm³/mol. The summed E-state index contributed by atoms with van der Waals surface area (Å²) in [4.78, 5) is 4.17. The fourth-order valence-corrected chi connectivity index (χ4v) is 5.93. The average Bonchev–Trinajstić information content (AvgIpc) is 3.04. The van der Waals surface area contributed by atoms with Crippen LogP contribution >= 0.6 is 0 Å². The van der Waals surface area contributed by atoms with E-state index in [1.54, 1.807) is 0 Å². The first-order chi connectivity index (χ1) is 11.8. The van der Waals surface area contributed by atoms with E-state index in [4.69, 9.17) is 4.42 Å². The third kappa shape index (κ3) is 2.44. The smallest absolute Gasteiger partial charge is 0.181 e. The summed E-state index contributed by atoms with van der Waals surface area (Å²) in [6, 6.07) is 1.48. The quantitative estimate of drug-likeness (QED) is 0.715. The molecule has 1 aromatic heterocycles. The van der Waals surface area contributed by atoms with E-state index >= 15 is 0 Å². The molecule has 0 spiro atoms. The van der Waals surface area contributed by atoms with Crippen LogP contribution in [0.2, 0.25) is 0 Å². The fraction of sp³-hybridized carbons (Fsp3) is 0.667. The van der Waals surface area contributed by atoms with E-state index in [0.29, 0.717) is 28.4 Å². The van der Waals surface area contributed by atoms with E-state index < -0.39 is 0 Å². The number of hydrogen-bond donors (Lipinski definition) is 2. The maximum atomic E-state index is 10.6. The van der Waals surface area contributed by atoms with Crippen LogP contribution in [0.4, 0.5) is 0 Å². The van der Waals surface area contributed by atoms with Gasteiger partial charge in [-0.3, -0.25) is 0 Å². The zero-order valence-electron chi connectivity index (χ0n) is 15.5. The summed E-state index contributed by atoms with van der Waals surface area (Å²) in [5.74, 6) is 1.07. The maximum absolute atomic E-state index is 10.6. The minimum Gasteiger partial charge on any atom is -0.504 e. The number of aromatic hydroxyl groups is 2. The molecule has 1 aromatic carbocycles. The van der Waals surface area contributed by atoms with Crippen LogP contribution in [0.15, 0.2) is 16.9 Å². The highest BCUT2D eigenvalue weighted by molar-refractivity contribution is 5.81. The third-order valence-corrected chi connectivity index (χ3v) is 7.63. The molecule has 4 rings (SSSR count). The zero-order valence-corrected chi connectivity index (χ0v) is 15.5. The van der Waals surface area contributed by atoms with Crippen molar-refractivity contribution in [2.45, 2.75) is 65.7 Å². The summed E-state index contributed by atoms with van der Waals surface area (Å²) in [5, 5.41) is 20.7. The van der Waals surface area contributed by atoms with E-state index in [1.807, 2.05) is 0 Å². The number of hydrogen-bond acceptors (Lipinski definition) is 4. The van der Waals surface area contributed by atoms with Crippen molar-refractivity contribution in [2.24, 2.45) is 22.7 Å². The number of aromatic nitrogens is 1. The van der Waals surface area contributed by atoms with Gasteiger partial charge in [0.1, 0.15) is 5.52 Å². The lowest BCUT2D eigenvalue weighted by molar-refractivity contribution is -0.0765. The molecule has 4 unspecified atom stereocenters. The molecule has 2 aliphatic rings. The Morgan fingerprint density at radius 3 is 2.80 bits per heavy atom. The van der Waals surface area contributed by atoms with Crippen molar-refractivity contribution in [2.75, 3.05) is 0 Å². The minimum atomic E-state index is -0.102. The number of fused-ring (bicyclic) bond motifs is 2. The molecule has 0 saturated heterocycles. The van der Waals surface area contributed by atoms with Gasteiger partial charge >= 0.3 is 0 Å². The summed E-state index contributed by atoms with van der Waals surface area (Å²) in [7, 11) is 0. The Morgan fingerprint density at radius 2 is 2.00 bits per heavy atom. The molecule has 2 N–H and O–H groups in total. The van der Waals surface area contributed by atoms with Crippen molar-refractivity contribution in [3.8, 4) is 11.5 Å². The summed E-state index contributed by atoms with van der Waals surface area (Å²) in [6.07, 6.45) is 9.85. The first-order valence-electron chi connectivity index (χ1n) is 9.62. The van der Waals surface area contributed by atoms with Crippen molar-refractivity contribution in [3.05, 3.63) is 18.0 Å². The van der Waals surface area contributed by atoms with Gasteiger partial charge in [-0.25, -0.2) is 4.98 Å². The Hall–Kier alpha value is -1.71. The Kier molecular flexibility index (Phi) is 3.78. The summed E-state index contributed by atoms with van der Waals surface area (Å²) >= 11 is 0. The Labute approximate surface area is 149 Å². The van der Waals surface area contributed by atoms with Crippen LogP contribution < -0.4 is 0 Å². The van der Waals surface area contributed by atoms with Gasteiger partial charge in [0.2, 0.25) is 0 Å². The predicted octanol–water partition coefficient (Wildman–Crippen LogP) is 5.41. The second-order valence-electron chi connectivity index (χ2n) is 9.00. The molecule has 0 bridgehead atoms. The van der Waals surface area contributed by atoms with Gasteiger partial charge < -0.3 is 14.6 Å². The van der Waals surface area contributed by atoms with Gasteiger partial charge in [0.05, 0.1) is 0 Å². The molecule has 4 atom stereocenters. The fourth-order valence-electron chi connectivity index (χ4n) is 5.93. The molecule has 1 heterocycles. The van der Waals surface area contributed by atoms with E-state index in [1.165, 1.54) is 51.0 Å². The van der Waals surface area contributed by atoms with E-state index in [9.17, 15) is 10.2 Å². The lowest BCUT2D eigenvalue weighted by Crippen LogP contribution is -2.50. The topological polar surface area (TPSA) is 66.5 Å². The van der Waals surface area contributed by atoms with Crippen LogP contribution in [0.25, 0.3) is 11.1 Å². The molecular formula is C21H29NO3. The van der Waals surface area contributed by atoms with Crippen molar-refractivity contribution < 1.29 is 14.6 Å². The summed E-state index contributed by atoms with van der Waals surface area (Å²) in [6.45, 7) is 7.20. The number of oxazole rings is 1. The van der Waals surface area contributed by atoms with E-state index in [0.717, 1.165) is 12.0 Å². The number of rotatable bonds is 2. The minimum absolute atomic E-state index is 0.0410. The third-order valence-electron chi connectivity index (χ3n) is 7.63. The normalized spacial score (nSPS) is 35.6. The van der Waals surface area contributed by atoms with Crippen molar-refractivity contribution in [1.82, 2.24) is 4.98 Å². The number of phenolic OH excluding ortho intramolecular Hbond substituents is 2. The standard InChI is InChI=1S/C21H29NO3/c1-13-7-9-20(2)8-5-4-6-17(20)21(13,3)11-14-18(24)16(23)10-15-19(14)25-12-22-15/h10,12-13,17,23-24H,4-9,11H2,1-3H3. The highest BCUT2D eigenvalue weighted by atomic mass is 16.3. The molecule has 4 heteroatoms. The second-order valence-corrected chi connectivity index (χ2v) is 9.00. The molecule has 2 fully saturated rings. The highest BCUT2D eigenvalue weighted by Gasteiger charge is 2.52. The van der Waals surface area contributed by atoms with Crippen LogP contribution in [0, 0.1) is 22.7 Å². The van der Waals surface area contributed by atoms with Crippen LogP contribution in [-0.2, 0) is 6.42 Å². The van der Waals surface area contributed by atoms with Gasteiger partial charge in [-0.15, -0.1) is 0 Å². The van der Waals surface area contributed by atoms with Gasteiger partial charge in [0, 0.05) is 11.6 Å². The Bertz CT molecular complexity index is 798. The second kappa shape index (κ2) is 5.65. The molecule has 136 valence electrons. The van der Waals surface area contributed by atoms with E-state index in [2.05, 4.69) is 25.8 Å². The van der Waals surface area contributed by atoms with Gasteiger partial charge in [0.25, 0.3) is 0 Å². The SMILES string of the molecule is CC1CCC2(C)CCCCC2C1(C)Cc1c(O)c(O)cc2ncoc12. The van der Waals surface area contributed by atoms with Gasteiger partial charge in [0.15, 0.2) is 23.5 Å². The highest BCUT2D eigenvalue weighted by Crippen LogP contribution is 2.61. The molecule has 25 heavy (non-hydrogen) atoms. The number of phenols is 2. The maximum Gasteiger partial charge on any atom is 0.181 e. The number of nitrogens with zero attached hydrogens (tertiary/aromatic N) is 1. The largest absolute Gasteiger partial charge is 0.504 e. The van der Waals surface area contributed by atoms with Crippen molar-refractivity contribution >= 4 is 11.1 Å². The lowest BCUT2D eigenvalue weighted by Gasteiger charge is -2.58. The first-order valence-corrected chi connectivity index (χ1v) is 9.62. The molecule has 2 aliphatic carbocycles. The van der Waals surface area contributed by atoms with Crippen molar-refractivity contribution in [1.29, 1.82) is 0 Å². The summed E-state index contributed by atoms with van der Waals surface area (Å²) < 4.78 is 5.59. The number of benzene rings is 1. The van der Waals surface area contributed by atoms with Gasteiger partial charge in [-0.05, 0) is 54.8 Å². The monoisotopic (exact) mass is 343 g/mol. The molecular weight excluding hydrogens is 314 g/mol. The molecule has 0 radical (unpaired) electrons. The Morgan fingerprint density at radius 1 is 1.20 bits per heavy atom. The average molecular weight is 343 g/mol. The zero-order chi connectivity index (χ0) is 17.8.